The summed E-state index contributed by atoms with van der Waals surface area (Å²) in [6, 6.07) is 18.9. The SMILES string of the molecule is O=C(CCN1C(=O)c2ccccc2C1=O)N1CCN(c2ccc3ccccc3n2)CC1. The van der Waals surface area contributed by atoms with Crippen molar-refractivity contribution in [2.24, 2.45) is 0 Å². The van der Waals surface area contributed by atoms with E-state index in [1.807, 2.05) is 30.3 Å². The van der Waals surface area contributed by atoms with E-state index in [2.05, 4.69) is 11.0 Å². The molecule has 0 unspecified atom stereocenters. The highest BCUT2D eigenvalue weighted by molar-refractivity contribution is 6.21. The first-order valence-corrected chi connectivity index (χ1v) is 10.5. The molecular formula is C24H22N4O3. The van der Waals surface area contributed by atoms with E-state index in [0.29, 0.717) is 37.3 Å². The summed E-state index contributed by atoms with van der Waals surface area (Å²) in [5.74, 6) is 0.237. The first-order chi connectivity index (χ1) is 15.1. The van der Waals surface area contributed by atoms with E-state index >= 15 is 0 Å². The first-order valence-electron chi connectivity index (χ1n) is 10.5. The Bertz CT molecular complexity index is 1150. The van der Waals surface area contributed by atoms with Crippen LogP contribution in [0.3, 0.4) is 0 Å². The summed E-state index contributed by atoms with van der Waals surface area (Å²) in [5.41, 5.74) is 1.78. The Morgan fingerprint density at radius 1 is 0.806 bits per heavy atom. The number of para-hydroxylation sites is 1. The van der Waals surface area contributed by atoms with E-state index in [4.69, 9.17) is 4.98 Å². The molecule has 0 spiro atoms. The summed E-state index contributed by atoms with van der Waals surface area (Å²) in [6.45, 7) is 2.69. The van der Waals surface area contributed by atoms with Crippen LogP contribution in [0.25, 0.3) is 10.9 Å². The topological polar surface area (TPSA) is 73.8 Å². The number of hydrogen-bond acceptors (Lipinski definition) is 5. The molecule has 0 N–H and O–H groups in total. The quantitative estimate of drug-likeness (QED) is 0.614. The van der Waals surface area contributed by atoms with Crippen molar-refractivity contribution >= 4 is 34.4 Å². The summed E-state index contributed by atoms with van der Waals surface area (Å²) in [6.07, 6.45) is 0.139. The summed E-state index contributed by atoms with van der Waals surface area (Å²) in [7, 11) is 0. The second kappa shape index (κ2) is 7.83. The van der Waals surface area contributed by atoms with Crippen LogP contribution in [-0.4, -0.2) is 65.2 Å². The van der Waals surface area contributed by atoms with Crippen LogP contribution >= 0.6 is 0 Å². The van der Waals surface area contributed by atoms with Gasteiger partial charge >= 0.3 is 0 Å². The third-order valence-corrected chi connectivity index (χ3v) is 5.97. The van der Waals surface area contributed by atoms with E-state index in [-0.39, 0.29) is 30.7 Å². The first kappa shape index (κ1) is 19.2. The van der Waals surface area contributed by atoms with Gasteiger partial charge in [0.05, 0.1) is 16.6 Å². The van der Waals surface area contributed by atoms with Crippen LogP contribution in [-0.2, 0) is 4.79 Å². The zero-order chi connectivity index (χ0) is 21.4. The predicted molar refractivity (Wildman–Crippen MR) is 117 cm³/mol. The number of anilines is 1. The van der Waals surface area contributed by atoms with Gasteiger partial charge in [-0.15, -0.1) is 0 Å². The maximum absolute atomic E-state index is 12.7. The van der Waals surface area contributed by atoms with Crippen molar-refractivity contribution in [3.63, 3.8) is 0 Å². The van der Waals surface area contributed by atoms with E-state index in [0.717, 1.165) is 16.7 Å². The molecule has 3 heterocycles. The lowest BCUT2D eigenvalue weighted by Crippen LogP contribution is -2.49. The lowest BCUT2D eigenvalue weighted by Gasteiger charge is -2.35. The van der Waals surface area contributed by atoms with Gasteiger partial charge in [-0.2, -0.15) is 0 Å². The molecule has 7 heteroatoms. The second-order valence-electron chi connectivity index (χ2n) is 7.79. The summed E-state index contributed by atoms with van der Waals surface area (Å²) >= 11 is 0. The van der Waals surface area contributed by atoms with Gasteiger partial charge in [-0.3, -0.25) is 19.3 Å². The molecule has 0 aliphatic carbocycles. The fraction of sp³-hybridized carbons (Fsp3) is 0.250. The number of hydrogen-bond donors (Lipinski definition) is 0. The van der Waals surface area contributed by atoms with Crippen LogP contribution in [0.2, 0.25) is 0 Å². The van der Waals surface area contributed by atoms with E-state index < -0.39 is 0 Å². The van der Waals surface area contributed by atoms with Crippen LogP contribution in [0.4, 0.5) is 5.82 Å². The fourth-order valence-corrected chi connectivity index (χ4v) is 4.22. The highest BCUT2D eigenvalue weighted by Gasteiger charge is 2.35. The molecule has 31 heavy (non-hydrogen) atoms. The van der Waals surface area contributed by atoms with Gasteiger partial charge in [-0.05, 0) is 30.3 Å². The molecule has 2 aromatic carbocycles. The van der Waals surface area contributed by atoms with Crippen molar-refractivity contribution in [1.82, 2.24) is 14.8 Å². The lowest BCUT2D eigenvalue weighted by atomic mass is 10.1. The molecule has 0 bridgehead atoms. The number of piperazine rings is 1. The summed E-state index contributed by atoms with van der Waals surface area (Å²) in [4.78, 5) is 47.5. The number of imide groups is 1. The minimum atomic E-state index is -0.319. The molecule has 0 saturated carbocycles. The Labute approximate surface area is 179 Å². The normalized spacial score (nSPS) is 16.2. The number of rotatable bonds is 4. The monoisotopic (exact) mass is 414 g/mol. The molecule has 2 aliphatic heterocycles. The number of aromatic nitrogens is 1. The molecule has 1 aromatic heterocycles. The van der Waals surface area contributed by atoms with Crippen molar-refractivity contribution in [3.8, 4) is 0 Å². The molecule has 5 rings (SSSR count). The van der Waals surface area contributed by atoms with E-state index in [1.165, 1.54) is 4.90 Å². The number of fused-ring (bicyclic) bond motifs is 2. The van der Waals surface area contributed by atoms with Gasteiger partial charge in [0, 0.05) is 44.5 Å². The van der Waals surface area contributed by atoms with Gasteiger partial charge in [0.15, 0.2) is 0 Å². The van der Waals surface area contributed by atoms with Crippen molar-refractivity contribution < 1.29 is 14.4 Å². The second-order valence-corrected chi connectivity index (χ2v) is 7.79. The van der Waals surface area contributed by atoms with Gasteiger partial charge < -0.3 is 9.80 Å². The van der Waals surface area contributed by atoms with Crippen LogP contribution < -0.4 is 4.90 Å². The minimum Gasteiger partial charge on any atom is -0.353 e. The lowest BCUT2D eigenvalue weighted by molar-refractivity contribution is -0.131. The average Bonchev–Trinajstić information content (AvgIpc) is 3.07. The standard InChI is InChI=1S/C24H22N4O3/c29-22(11-12-28-23(30)18-6-2-3-7-19(18)24(28)31)27-15-13-26(14-16-27)21-10-9-17-5-1-4-8-20(17)25-21/h1-10H,11-16H2. The Balaban J connectivity index is 1.17. The van der Waals surface area contributed by atoms with Crippen LogP contribution in [0.15, 0.2) is 60.7 Å². The number of pyridine rings is 1. The van der Waals surface area contributed by atoms with E-state index in [9.17, 15) is 14.4 Å². The molecule has 0 atom stereocenters. The molecule has 1 fully saturated rings. The number of carbonyl (C=O) groups is 3. The van der Waals surface area contributed by atoms with Gasteiger partial charge in [0.25, 0.3) is 11.8 Å². The van der Waals surface area contributed by atoms with Crippen molar-refractivity contribution in [3.05, 3.63) is 71.8 Å². The molecule has 7 nitrogen and oxygen atoms in total. The zero-order valence-corrected chi connectivity index (χ0v) is 17.0. The Morgan fingerprint density at radius 3 is 2.16 bits per heavy atom. The summed E-state index contributed by atoms with van der Waals surface area (Å²) in [5, 5.41) is 1.10. The molecular weight excluding hydrogens is 392 g/mol. The van der Waals surface area contributed by atoms with Crippen LogP contribution in [0, 0.1) is 0 Å². The number of amides is 3. The number of benzene rings is 2. The maximum Gasteiger partial charge on any atom is 0.261 e. The average molecular weight is 414 g/mol. The number of nitrogens with zero attached hydrogens (tertiary/aromatic N) is 4. The van der Waals surface area contributed by atoms with Crippen molar-refractivity contribution in [2.75, 3.05) is 37.6 Å². The molecule has 3 aromatic rings. The molecule has 1 saturated heterocycles. The van der Waals surface area contributed by atoms with Crippen molar-refractivity contribution in [2.45, 2.75) is 6.42 Å². The summed E-state index contributed by atoms with van der Waals surface area (Å²) < 4.78 is 0. The third kappa shape index (κ3) is 3.52. The highest BCUT2D eigenvalue weighted by Crippen LogP contribution is 2.23. The van der Waals surface area contributed by atoms with Crippen LogP contribution in [0.1, 0.15) is 27.1 Å². The van der Waals surface area contributed by atoms with Gasteiger partial charge in [-0.25, -0.2) is 4.98 Å². The number of carbonyl (C=O) groups excluding carboxylic acids is 3. The fourth-order valence-electron chi connectivity index (χ4n) is 4.22. The Kier molecular flexibility index (Phi) is 4.86. The Morgan fingerprint density at radius 2 is 1.45 bits per heavy atom. The van der Waals surface area contributed by atoms with Gasteiger partial charge in [0.2, 0.25) is 5.91 Å². The third-order valence-electron chi connectivity index (χ3n) is 5.97. The largest absolute Gasteiger partial charge is 0.353 e. The maximum atomic E-state index is 12.7. The van der Waals surface area contributed by atoms with Gasteiger partial charge in [0.1, 0.15) is 5.82 Å². The molecule has 3 amide bonds. The van der Waals surface area contributed by atoms with Gasteiger partial charge in [-0.1, -0.05) is 30.3 Å². The highest BCUT2D eigenvalue weighted by atomic mass is 16.2. The molecule has 156 valence electrons. The molecule has 0 radical (unpaired) electrons. The Hall–Kier alpha value is -3.74. The van der Waals surface area contributed by atoms with Crippen molar-refractivity contribution in [1.29, 1.82) is 0 Å². The van der Waals surface area contributed by atoms with E-state index in [1.54, 1.807) is 29.2 Å². The zero-order valence-electron chi connectivity index (χ0n) is 17.0. The predicted octanol–water partition coefficient (Wildman–Crippen LogP) is 2.57. The smallest absolute Gasteiger partial charge is 0.261 e. The molecule has 2 aliphatic rings. The van der Waals surface area contributed by atoms with Crippen LogP contribution in [0.5, 0.6) is 0 Å². The minimum absolute atomic E-state index is 0.0392.